The fourth-order valence-corrected chi connectivity index (χ4v) is 4.61. The van der Waals surface area contributed by atoms with Gasteiger partial charge in [0.2, 0.25) is 0 Å². The molecule has 2 saturated carbocycles. The van der Waals surface area contributed by atoms with E-state index in [0.717, 1.165) is 17.8 Å². The largest absolute Gasteiger partial charge is 0.316 e. The van der Waals surface area contributed by atoms with E-state index in [-0.39, 0.29) is 0 Å². The summed E-state index contributed by atoms with van der Waals surface area (Å²) in [5.41, 5.74) is 2.88. The lowest BCUT2D eigenvalue weighted by Crippen LogP contribution is -2.38. The number of aromatic nitrogens is 1. The van der Waals surface area contributed by atoms with E-state index >= 15 is 0 Å². The second-order valence-corrected chi connectivity index (χ2v) is 6.49. The van der Waals surface area contributed by atoms with Crippen LogP contribution in [0, 0.1) is 17.8 Å². The number of pyridine rings is 1. The lowest BCUT2D eigenvalue weighted by atomic mass is 9.83. The molecule has 18 heavy (non-hydrogen) atoms. The Morgan fingerprint density at radius 2 is 2.11 bits per heavy atom. The smallest absolute Gasteiger partial charge is 0.0482 e. The topological polar surface area (TPSA) is 24.9 Å². The van der Waals surface area contributed by atoms with Crippen LogP contribution in [0.2, 0.25) is 0 Å². The van der Waals surface area contributed by atoms with Gasteiger partial charge in [-0.2, -0.15) is 0 Å². The lowest BCUT2D eigenvalue weighted by Gasteiger charge is -2.30. The van der Waals surface area contributed by atoms with Crippen LogP contribution in [0.5, 0.6) is 0 Å². The second kappa shape index (κ2) is 4.06. The van der Waals surface area contributed by atoms with Gasteiger partial charge in [0.1, 0.15) is 0 Å². The van der Waals surface area contributed by atoms with E-state index in [1.54, 1.807) is 0 Å². The Hall–Kier alpha value is -0.890. The molecule has 2 nitrogen and oxygen atoms in total. The van der Waals surface area contributed by atoms with Crippen LogP contribution in [0.25, 0.3) is 0 Å². The van der Waals surface area contributed by atoms with Gasteiger partial charge in [0.25, 0.3) is 0 Å². The third-order valence-corrected chi connectivity index (χ3v) is 5.56. The van der Waals surface area contributed by atoms with E-state index < -0.39 is 0 Å². The number of fused-ring (bicyclic) bond motifs is 2. The Bertz CT molecular complexity index is 446. The van der Waals surface area contributed by atoms with Crippen molar-refractivity contribution in [2.45, 2.75) is 44.1 Å². The zero-order chi connectivity index (χ0) is 12.1. The first-order valence-electron chi connectivity index (χ1n) is 7.48. The number of rotatable bonds is 3. The van der Waals surface area contributed by atoms with Crippen LogP contribution in [0.3, 0.4) is 0 Å². The third-order valence-electron chi connectivity index (χ3n) is 5.56. The van der Waals surface area contributed by atoms with Gasteiger partial charge in [-0.3, -0.25) is 4.98 Å². The fraction of sp³-hybridized carbons (Fsp3) is 0.688. The van der Waals surface area contributed by atoms with Crippen LogP contribution in [0.15, 0.2) is 18.3 Å². The summed E-state index contributed by atoms with van der Waals surface area (Å²) in [6.45, 7) is 0. The lowest BCUT2D eigenvalue weighted by molar-refractivity contribution is 0.302. The molecule has 1 aromatic heterocycles. The van der Waals surface area contributed by atoms with Crippen LogP contribution in [-0.2, 0) is 6.42 Å². The summed E-state index contributed by atoms with van der Waals surface area (Å²) in [4.78, 5) is 4.67. The van der Waals surface area contributed by atoms with Crippen LogP contribution in [0.1, 0.15) is 42.9 Å². The van der Waals surface area contributed by atoms with Gasteiger partial charge in [-0.05, 0) is 68.5 Å². The first kappa shape index (κ1) is 11.0. The molecular formula is C16H22N2. The highest BCUT2D eigenvalue weighted by molar-refractivity contribution is 5.30. The minimum absolute atomic E-state index is 0.661. The van der Waals surface area contributed by atoms with Crippen LogP contribution >= 0.6 is 0 Å². The molecular weight excluding hydrogens is 220 g/mol. The Kier molecular flexibility index (Phi) is 2.47. The number of hydrogen-bond donors (Lipinski definition) is 1. The summed E-state index contributed by atoms with van der Waals surface area (Å²) in [7, 11) is 2.15. The normalized spacial score (nSPS) is 38.3. The summed E-state index contributed by atoms with van der Waals surface area (Å²) < 4.78 is 0. The van der Waals surface area contributed by atoms with Gasteiger partial charge in [0.15, 0.2) is 0 Å². The zero-order valence-corrected chi connectivity index (χ0v) is 11.1. The van der Waals surface area contributed by atoms with Crippen molar-refractivity contribution < 1.29 is 0 Å². The number of hydrogen-bond acceptors (Lipinski definition) is 2. The zero-order valence-electron chi connectivity index (χ0n) is 11.1. The van der Waals surface area contributed by atoms with Crippen LogP contribution in [-0.4, -0.2) is 18.1 Å². The number of nitrogens with one attached hydrogen (secondary N) is 1. The van der Waals surface area contributed by atoms with E-state index in [4.69, 9.17) is 0 Å². The van der Waals surface area contributed by atoms with Crippen molar-refractivity contribution in [1.82, 2.24) is 10.3 Å². The maximum atomic E-state index is 4.67. The molecule has 0 spiro atoms. The van der Waals surface area contributed by atoms with Gasteiger partial charge in [-0.15, -0.1) is 0 Å². The van der Waals surface area contributed by atoms with Gasteiger partial charge in [-0.25, -0.2) is 0 Å². The molecule has 1 heterocycles. The molecule has 2 heteroatoms. The van der Waals surface area contributed by atoms with Crippen molar-refractivity contribution in [3.05, 3.63) is 29.6 Å². The quantitative estimate of drug-likeness (QED) is 0.881. The van der Waals surface area contributed by atoms with Gasteiger partial charge >= 0.3 is 0 Å². The predicted octanol–water partition coefficient (Wildman–Crippen LogP) is 2.75. The van der Waals surface area contributed by atoms with Gasteiger partial charge < -0.3 is 5.32 Å². The Morgan fingerprint density at radius 1 is 1.28 bits per heavy atom. The Morgan fingerprint density at radius 3 is 2.89 bits per heavy atom. The Labute approximate surface area is 109 Å². The van der Waals surface area contributed by atoms with Crippen molar-refractivity contribution in [2.75, 3.05) is 7.05 Å². The second-order valence-electron chi connectivity index (χ2n) is 6.49. The maximum absolute atomic E-state index is 4.67. The molecule has 3 aliphatic carbocycles. The number of aryl methyl sites for hydroxylation is 1. The monoisotopic (exact) mass is 242 g/mol. The molecule has 0 aliphatic heterocycles. The number of likely N-dealkylation sites (N-methyl/N-ethyl adjacent to an activating group) is 1. The van der Waals surface area contributed by atoms with Crippen molar-refractivity contribution in [3.63, 3.8) is 0 Å². The minimum atomic E-state index is 0.661. The van der Waals surface area contributed by atoms with Crippen LogP contribution < -0.4 is 5.32 Å². The Balaban J connectivity index is 1.58. The fourth-order valence-electron chi connectivity index (χ4n) is 4.61. The van der Waals surface area contributed by atoms with E-state index in [9.17, 15) is 0 Å². The minimum Gasteiger partial charge on any atom is -0.316 e. The molecule has 1 N–H and O–H groups in total. The molecule has 0 amide bonds. The summed E-state index contributed by atoms with van der Waals surface area (Å²) in [5, 5.41) is 3.63. The molecule has 0 aromatic carbocycles. The highest BCUT2D eigenvalue weighted by Gasteiger charge is 2.49. The van der Waals surface area contributed by atoms with Crippen molar-refractivity contribution in [2.24, 2.45) is 17.8 Å². The summed E-state index contributed by atoms with van der Waals surface area (Å²) in [6.07, 6.45) is 8.95. The molecule has 0 bridgehead atoms. The van der Waals surface area contributed by atoms with E-state index in [2.05, 4.69) is 29.5 Å². The average molecular weight is 242 g/mol. The summed E-state index contributed by atoms with van der Waals surface area (Å²) in [6, 6.07) is 5.01. The highest BCUT2D eigenvalue weighted by atomic mass is 14.9. The standard InChI is InChI=1S/C16H22N2/c1-17-15(13-8-11-7-12(11)9-13)14-5-4-10-3-2-6-18-16(10)14/h2-3,6,11-15,17H,4-5,7-9H2,1H3. The molecule has 4 unspecified atom stereocenters. The number of nitrogens with zero attached hydrogens (tertiary/aromatic N) is 1. The maximum Gasteiger partial charge on any atom is 0.0482 e. The molecule has 4 atom stereocenters. The summed E-state index contributed by atoms with van der Waals surface area (Å²) >= 11 is 0. The van der Waals surface area contributed by atoms with E-state index in [0.29, 0.717) is 12.0 Å². The predicted molar refractivity (Wildman–Crippen MR) is 72.5 cm³/mol. The van der Waals surface area contributed by atoms with E-state index in [1.165, 1.54) is 43.4 Å². The van der Waals surface area contributed by atoms with Crippen LogP contribution in [0.4, 0.5) is 0 Å². The molecule has 2 fully saturated rings. The molecule has 0 saturated heterocycles. The summed E-state index contributed by atoms with van der Waals surface area (Å²) in [5.74, 6) is 3.72. The van der Waals surface area contributed by atoms with Crippen molar-refractivity contribution in [1.29, 1.82) is 0 Å². The highest BCUT2D eigenvalue weighted by Crippen LogP contribution is 2.56. The SMILES string of the molecule is CNC(C1CC2CC2C1)C1CCc2cccnc21. The molecule has 4 rings (SSSR count). The molecule has 96 valence electrons. The van der Waals surface area contributed by atoms with Crippen molar-refractivity contribution >= 4 is 0 Å². The molecule has 1 aromatic rings. The van der Waals surface area contributed by atoms with Gasteiger partial charge in [-0.1, -0.05) is 6.07 Å². The first-order chi connectivity index (χ1) is 8.86. The average Bonchev–Trinajstić information content (AvgIpc) is 2.85. The molecule has 3 aliphatic rings. The van der Waals surface area contributed by atoms with Gasteiger partial charge in [0.05, 0.1) is 0 Å². The third kappa shape index (κ3) is 1.62. The first-order valence-corrected chi connectivity index (χ1v) is 7.48. The van der Waals surface area contributed by atoms with Crippen molar-refractivity contribution in [3.8, 4) is 0 Å². The molecule has 0 radical (unpaired) electrons. The van der Waals surface area contributed by atoms with Gasteiger partial charge in [0, 0.05) is 23.9 Å². The van der Waals surface area contributed by atoms with E-state index in [1.807, 2.05) is 6.20 Å².